The molecule has 1 fully saturated rings. The maximum atomic E-state index is 13.3. The number of aromatic nitrogens is 1. The number of ether oxygens (including phenoxy) is 1. The molecule has 4 rings (SSSR count). The number of fused-ring (bicyclic) bond motifs is 1. The molecule has 5 nitrogen and oxygen atoms in total. The fourth-order valence-corrected chi connectivity index (χ4v) is 5.19. The number of nitrogens with two attached hydrogens (primary N) is 1. The van der Waals surface area contributed by atoms with Gasteiger partial charge in [-0.15, -0.1) is 0 Å². The van der Waals surface area contributed by atoms with E-state index < -0.39 is 0 Å². The van der Waals surface area contributed by atoms with Crippen molar-refractivity contribution in [3.05, 3.63) is 65.9 Å². The Kier molecular flexibility index (Phi) is 6.85. The Bertz CT molecular complexity index is 1030. The van der Waals surface area contributed by atoms with Crippen LogP contribution in [0.5, 0.6) is 5.75 Å². The Labute approximate surface area is 191 Å². The van der Waals surface area contributed by atoms with Crippen LogP contribution >= 0.6 is 0 Å². The quantitative estimate of drug-likeness (QED) is 0.589. The SMILES string of the molecule is COc1ccc([C@H](C[NH2+][C@H](C)C(=O)N2[C@H](C)CCC[C@@H]2C)c2c[nH]c3ccccc23)cc1. The first kappa shape index (κ1) is 22.4. The Morgan fingerprint density at radius 2 is 1.81 bits per heavy atom. The molecule has 0 saturated carbocycles. The Morgan fingerprint density at radius 3 is 2.50 bits per heavy atom. The van der Waals surface area contributed by atoms with Gasteiger partial charge in [0.2, 0.25) is 0 Å². The van der Waals surface area contributed by atoms with Crippen molar-refractivity contribution >= 4 is 16.8 Å². The first-order chi connectivity index (χ1) is 15.5. The minimum absolute atomic E-state index is 0.107. The molecule has 32 heavy (non-hydrogen) atoms. The topological polar surface area (TPSA) is 61.9 Å². The number of hydrogen-bond donors (Lipinski definition) is 2. The number of likely N-dealkylation sites (tertiary alicyclic amines) is 1. The molecule has 170 valence electrons. The third-order valence-corrected chi connectivity index (χ3v) is 7.08. The number of carbonyl (C=O) groups excluding carboxylic acids is 1. The highest BCUT2D eigenvalue weighted by Gasteiger charge is 2.33. The lowest BCUT2D eigenvalue weighted by Crippen LogP contribution is -2.93. The molecule has 4 atom stereocenters. The van der Waals surface area contributed by atoms with Crippen LogP contribution in [0.25, 0.3) is 10.9 Å². The average molecular weight is 435 g/mol. The molecule has 2 heterocycles. The molecule has 0 radical (unpaired) electrons. The number of carbonyl (C=O) groups is 1. The predicted molar refractivity (Wildman–Crippen MR) is 129 cm³/mol. The Balaban J connectivity index is 1.57. The lowest BCUT2D eigenvalue weighted by Gasteiger charge is -2.39. The third kappa shape index (κ3) is 4.53. The highest BCUT2D eigenvalue weighted by atomic mass is 16.5. The normalized spacial score (nSPS) is 20.8. The number of H-pyrrole nitrogens is 1. The van der Waals surface area contributed by atoms with Gasteiger partial charge in [-0.05, 0) is 69.4 Å². The summed E-state index contributed by atoms with van der Waals surface area (Å²) >= 11 is 0. The number of aromatic amines is 1. The second-order valence-electron chi connectivity index (χ2n) is 9.25. The molecule has 1 saturated heterocycles. The predicted octanol–water partition coefficient (Wildman–Crippen LogP) is 4.05. The van der Waals surface area contributed by atoms with Gasteiger partial charge in [0.25, 0.3) is 5.91 Å². The average Bonchev–Trinajstić information content (AvgIpc) is 3.23. The van der Waals surface area contributed by atoms with Crippen LogP contribution in [0, 0.1) is 0 Å². The highest BCUT2D eigenvalue weighted by Crippen LogP contribution is 2.31. The molecule has 2 aromatic carbocycles. The minimum Gasteiger partial charge on any atom is -0.497 e. The zero-order valence-corrected chi connectivity index (χ0v) is 19.7. The number of para-hydroxylation sites is 1. The van der Waals surface area contributed by atoms with Crippen molar-refractivity contribution in [3.63, 3.8) is 0 Å². The van der Waals surface area contributed by atoms with E-state index in [9.17, 15) is 4.79 Å². The molecular weight excluding hydrogens is 398 g/mol. The summed E-state index contributed by atoms with van der Waals surface area (Å²) in [5.74, 6) is 1.28. The number of quaternary nitrogens is 1. The highest BCUT2D eigenvalue weighted by molar-refractivity contribution is 5.84. The van der Waals surface area contributed by atoms with Gasteiger partial charge >= 0.3 is 0 Å². The number of hydrogen-bond acceptors (Lipinski definition) is 2. The van der Waals surface area contributed by atoms with Crippen molar-refractivity contribution in [2.75, 3.05) is 13.7 Å². The Morgan fingerprint density at radius 1 is 1.12 bits per heavy atom. The summed E-state index contributed by atoms with van der Waals surface area (Å²) in [5.41, 5.74) is 3.63. The molecule has 3 aromatic rings. The van der Waals surface area contributed by atoms with Crippen LogP contribution in [-0.2, 0) is 4.79 Å². The standard InChI is InChI=1S/C27H35N3O2/c1-18-8-7-9-19(2)30(18)27(31)20(3)28-16-24(21-12-14-22(32-4)15-13-21)25-17-29-26-11-6-5-10-23(25)26/h5-6,10-15,17-20,24,28-29H,7-9,16H2,1-4H3/p+1/t18-,19+,20-,24+/m1/s1. The number of benzene rings is 2. The van der Waals surface area contributed by atoms with Crippen molar-refractivity contribution in [2.45, 2.75) is 64.1 Å². The van der Waals surface area contributed by atoms with E-state index in [1.54, 1.807) is 7.11 Å². The van der Waals surface area contributed by atoms with Crippen LogP contribution in [0.4, 0.5) is 0 Å². The van der Waals surface area contributed by atoms with E-state index in [-0.39, 0.29) is 17.9 Å². The van der Waals surface area contributed by atoms with E-state index in [4.69, 9.17) is 4.74 Å². The minimum atomic E-state index is -0.107. The molecule has 1 aliphatic rings. The summed E-state index contributed by atoms with van der Waals surface area (Å²) in [4.78, 5) is 18.9. The summed E-state index contributed by atoms with van der Waals surface area (Å²) < 4.78 is 5.36. The molecule has 1 aromatic heterocycles. The maximum absolute atomic E-state index is 13.3. The summed E-state index contributed by atoms with van der Waals surface area (Å²) in [7, 11) is 1.69. The van der Waals surface area contributed by atoms with Crippen molar-refractivity contribution < 1.29 is 14.8 Å². The van der Waals surface area contributed by atoms with Crippen LogP contribution in [0.15, 0.2) is 54.7 Å². The molecule has 0 unspecified atom stereocenters. The molecule has 3 N–H and O–H groups in total. The van der Waals surface area contributed by atoms with Crippen LogP contribution < -0.4 is 10.1 Å². The van der Waals surface area contributed by atoms with Gasteiger partial charge in [0.05, 0.1) is 19.6 Å². The molecule has 0 spiro atoms. The number of nitrogens with zero attached hydrogens (tertiary/aromatic N) is 1. The molecule has 5 heteroatoms. The van der Waals surface area contributed by atoms with Crippen molar-refractivity contribution in [1.82, 2.24) is 9.88 Å². The number of nitrogens with one attached hydrogen (secondary N) is 1. The lowest BCUT2D eigenvalue weighted by molar-refractivity contribution is -0.675. The molecule has 0 aliphatic carbocycles. The van der Waals surface area contributed by atoms with E-state index in [0.717, 1.165) is 30.7 Å². The largest absolute Gasteiger partial charge is 0.497 e. The summed E-state index contributed by atoms with van der Waals surface area (Å²) in [5, 5.41) is 3.45. The first-order valence-electron chi connectivity index (χ1n) is 11.8. The van der Waals surface area contributed by atoms with Crippen molar-refractivity contribution in [2.24, 2.45) is 0 Å². The van der Waals surface area contributed by atoms with E-state index in [1.165, 1.54) is 22.9 Å². The van der Waals surface area contributed by atoms with E-state index >= 15 is 0 Å². The second-order valence-corrected chi connectivity index (χ2v) is 9.25. The van der Waals surface area contributed by atoms with Gasteiger partial charge in [0.15, 0.2) is 6.04 Å². The fourth-order valence-electron chi connectivity index (χ4n) is 5.19. The third-order valence-electron chi connectivity index (χ3n) is 7.08. The van der Waals surface area contributed by atoms with Gasteiger partial charge in [-0.3, -0.25) is 4.79 Å². The van der Waals surface area contributed by atoms with E-state index in [2.05, 4.69) is 78.6 Å². The van der Waals surface area contributed by atoms with Gasteiger partial charge in [-0.2, -0.15) is 0 Å². The summed E-state index contributed by atoms with van der Waals surface area (Å²) in [6, 6.07) is 17.3. The molecule has 0 bridgehead atoms. The van der Waals surface area contributed by atoms with E-state index in [1.807, 2.05) is 12.1 Å². The monoisotopic (exact) mass is 434 g/mol. The van der Waals surface area contributed by atoms with Gasteiger partial charge in [0.1, 0.15) is 5.75 Å². The second kappa shape index (κ2) is 9.78. The zero-order valence-electron chi connectivity index (χ0n) is 19.7. The molecule has 1 aliphatic heterocycles. The molecule has 1 amide bonds. The van der Waals surface area contributed by atoms with Crippen molar-refractivity contribution in [1.29, 1.82) is 0 Å². The van der Waals surface area contributed by atoms with Gasteiger partial charge < -0.3 is 19.9 Å². The first-order valence-corrected chi connectivity index (χ1v) is 11.8. The van der Waals surface area contributed by atoms with Gasteiger partial charge in [-0.25, -0.2) is 0 Å². The van der Waals surface area contributed by atoms with Crippen molar-refractivity contribution in [3.8, 4) is 5.75 Å². The number of amides is 1. The van der Waals surface area contributed by atoms with Crippen LogP contribution in [0.3, 0.4) is 0 Å². The van der Waals surface area contributed by atoms with Crippen LogP contribution in [-0.4, -0.2) is 47.6 Å². The smallest absolute Gasteiger partial charge is 0.280 e. The zero-order chi connectivity index (χ0) is 22.7. The fraction of sp³-hybridized carbons (Fsp3) is 0.444. The molecular formula is C27H36N3O2+. The Hall–Kier alpha value is -2.79. The lowest BCUT2D eigenvalue weighted by atomic mass is 9.90. The summed E-state index contributed by atoms with van der Waals surface area (Å²) in [6.07, 6.45) is 5.54. The van der Waals surface area contributed by atoms with Crippen LogP contribution in [0.2, 0.25) is 0 Å². The van der Waals surface area contributed by atoms with E-state index in [0.29, 0.717) is 12.1 Å². The van der Waals surface area contributed by atoms with Crippen LogP contribution in [0.1, 0.15) is 57.1 Å². The van der Waals surface area contributed by atoms with Gasteiger partial charge in [-0.1, -0.05) is 30.3 Å². The number of piperidine rings is 1. The number of methoxy groups -OCH3 is 1. The number of rotatable bonds is 7. The van der Waals surface area contributed by atoms with Gasteiger partial charge in [0, 0.05) is 29.2 Å². The summed E-state index contributed by atoms with van der Waals surface area (Å²) in [6.45, 7) is 7.23. The maximum Gasteiger partial charge on any atom is 0.280 e.